The molecular formula is C19H24N2O2S. The molecule has 0 saturated carbocycles. The molecular weight excluding hydrogens is 320 g/mol. The monoisotopic (exact) mass is 344 g/mol. The Balaban J connectivity index is 2.07. The van der Waals surface area contributed by atoms with Crippen molar-refractivity contribution in [2.45, 2.75) is 26.8 Å². The maximum absolute atomic E-state index is 5.44. The molecule has 0 spiro atoms. The second-order valence-corrected chi connectivity index (χ2v) is 6.15. The Morgan fingerprint density at radius 1 is 1.04 bits per heavy atom. The summed E-state index contributed by atoms with van der Waals surface area (Å²) in [6.45, 7) is 6.30. The van der Waals surface area contributed by atoms with Gasteiger partial charge < -0.3 is 20.1 Å². The van der Waals surface area contributed by atoms with E-state index < -0.39 is 0 Å². The van der Waals surface area contributed by atoms with Gasteiger partial charge in [-0.1, -0.05) is 23.8 Å². The molecule has 0 aromatic heterocycles. The number of benzene rings is 2. The van der Waals surface area contributed by atoms with E-state index in [9.17, 15) is 0 Å². The molecule has 1 atom stereocenters. The minimum Gasteiger partial charge on any atom is -0.497 e. The van der Waals surface area contributed by atoms with Gasteiger partial charge in [-0.15, -0.1) is 0 Å². The first-order valence-corrected chi connectivity index (χ1v) is 8.22. The van der Waals surface area contributed by atoms with Gasteiger partial charge in [-0.25, -0.2) is 0 Å². The number of ether oxygens (including phenoxy) is 2. The first-order chi connectivity index (χ1) is 11.4. The van der Waals surface area contributed by atoms with Crippen molar-refractivity contribution in [3.63, 3.8) is 0 Å². The molecule has 2 aromatic carbocycles. The van der Waals surface area contributed by atoms with E-state index in [-0.39, 0.29) is 6.04 Å². The van der Waals surface area contributed by atoms with Crippen LogP contribution in [0.15, 0.2) is 36.4 Å². The number of aryl methyl sites for hydroxylation is 2. The van der Waals surface area contributed by atoms with Crippen LogP contribution in [0.1, 0.15) is 29.7 Å². The van der Waals surface area contributed by atoms with E-state index in [1.807, 2.05) is 18.2 Å². The Morgan fingerprint density at radius 2 is 1.79 bits per heavy atom. The fourth-order valence-corrected chi connectivity index (χ4v) is 2.93. The van der Waals surface area contributed by atoms with Crippen LogP contribution in [-0.2, 0) is 0 Å². The Kier molecular flexibility index (Phi) is 6.04. The van der Waals surface area contributed by atoms with E-state index in [0.717, 1.165) is 11.4 Å². The van der Waals surface area contributed by atoms with Crippen LogP contribution in [0.2, 0.25) is 0 Å². The molecule has 4 nitrogen and oxygen atoms in total. The standard InChI is InChI=1S/C19H24N2O2S/c1-12-6-8-16(13(2)10-12)14(3)20-19(24)21-17-9-7-15(22-4)11-18(17)23-5/h6-11,14H,1-5H3,(H2,20,21,24)/t14-/m0/s1. The van der Waals surface area contributed by atoms with E-state index in [1.54, 1.807) is 14.2 Å². The molecule has 2 rings (SSSR count). The Hall–Kier alpha value is -2.27. The van der Waals surface area contributed by atoms with Gasteiger partial charge in [-0.2, -0.15) is 0 Å². The third kappa shape index (κ3) is 4.38. The number of methoxy groups -OCH3 is 2. The van der Waals surface area contributed by atoms with Crippen molar-refractivity contribution in [2.24, 2.45) is 0 Å². The molecule has 0 aliphatic heterocycles. The van der Waals surface area contributed by atoms with E-state index in [4.69, 9.17) is 21.7 Å². The fourth-order valence-electron chi connectivity index (χ4n) is 2.65. The van der Waals surface area contributed by atoms with Crippen LogP contribution in [0.3, 0.4) is 0 Å². The number of nitrogens with one attached hydrogen (secondary N) is 2. The van der Waals surface area contributed by atoms with Crippen LogP contribution in [0.25, 0.3) is 0 Å². The summed E-state index contributed by atoms with van der Waals surface area (Å²) >= 11 is 5.44. The fraction of sp³-hybridized carbons (Fsp3) is 0.316. The highest BCUT2D eigenvalue weighted by Crippen LogP contribution is 2.29. The van der Waals surface area contributed by atoms with Crippen LogP contribution >= 0.6 is 12.2 Å². The lowest BCUT2D eigenvalue weighted by molar-refractivity contribution is 0.395. The van der Waals surface area contributed by atoms with Gasteiger partial charge in [0, 0.05) is 6.07 Å². The smallest absolute Gasteiger partial charge is 0.171 e. The number of hydrogen-bond donors (Lipinski definition) is 2. The highest BCUT2D eigenvalue weighted by atomic mass is 32.1. The average Bonchev–Trinajstić information content (AvgIpc) is 2.54. The molecule has 0 aliphatic rings. The third-order valence-electron chi connectivity index (χ3n) is 3.90. The quantitative estimate of drug-likeness (QED) is 0.789. The average molecular weight is 344 g/mol. The SMILES string of the molecule is COc1ccc(NC(=S)N[C@@H](C)c2ccc(C)cc2C)c(OC)c1. The Bertz CT molecular complexity index is 731. The zero-order valence-electron chi connectivity index (χ0n) is 14.8. The van der Waals surface area contributed by atoms with Crippen molar-refractivity contribution in [1.82, 2.24) is 5.32 Å². The highest BCUT2D eigenvalue weighted by Gasteiger charge is 2.12. The number of thiocarbonyl (C=S) groups is 1. The van der Waals surface area contributed by atoms with Gasteiger partial charge in [0.1, 0.15) is 11.5 Å². The lowest BCUT2D eigenvalue weighted by atomic mass is 10.0. The van der Waals surface area contributed by atoms with Gasteiger partial charge in [0.15, 0.2) is 5.11 Å². The summed E-state index contributed by atoms with van der Waals surface area (Å²) in [6.07, 6.45) is 0. The molecule has 0 amide bonds. The predicted molar refractivity (Wildman–Crippen MR) is 103 cm³/mol. The van der Waals surface area contributed by atoms with Crippen LogP contribution in [0, 0.1) is 13.8 Å². The summed E-state index contributed by atoms with van der Waals surface area (Å²) < 4.78 is 10.6. The molecule has 128 valence electrons. The molecule has 0 fully saturated rings. The predicted octanol–water partition coefficient (Wildman–Crippen LogP) is 4.37. The zero-order valence-corrected chi connectivity index (χ0v) is 15.6. The first kappa shape index (κ1) is 18.1. The maximum atomic E-state index is 5.44. The molecule has 2 aromatic rings. The zero-order chi connectivity index (χ0) is 17.7. The van der Waals surface area contributed by atoms with Gasteiger partial charge in [0.2, 0.25) is 0 Å². The van der Waals surface area contributed by atoms with Crippen LogP contribution in [0.4, 0.5) is 5.69 Å². The second kappa shape index (κ2) is 8.02. The van der Waals surface area contributed by atoms with Crippen LogP contribution < -0.4 is 20.1 Å². The van der Waals surface area contributed by atoms with Gasteiger partial charge in [0.05, 0.1) is 25.9 Å². The van der Waals surface area contributed by atoms with Gasteiger partial charge in [0.25, 0.3) is 0 Å². The Morgan fingerprint density at radius 3 is 2.42 bits per heavy atom. The van der Waals surface area contributed by atoms with Crippen LogP contribution in [-0.4, -0.2) is 19.3 Å². The molecule has 0 radical (unpaired) electrons. The highest BCUT2D eigenvalue weighted by molar-refractivity contribution is 7.80. The molecule has 2 N–H and O–H groups in total. The largest absolute Gasteiger partial charge is 0.497 e. The van der Waals surface area contributed by atoms with Gasteiger partial charge in [-0.3, -0.25) is 0 Å². The summed E-state index contributed by atoms with van der Waals surface area (Å²) in [4.78, 5) is 0. The summed E-state index contributed by atoms with van der Waals surface area (Å²) in [5.41, 5.74) is 4.53. The molecule has 24 heavy (non-hydrogen) atoms. The Labute approximate surface area is 149 Å². The summed E-state index contributed by atoms with van der Waals surface area (Å²) in [6, 6.07) is 12.1. The molecule has 0 unspecified atom stereocenters. The maximum Gasteiger partial charge on any atom is 0.171 e. The van der Waals surface area contributed by atoms with E-state index in [1.165, 1.54) is 16.7 Å². The van der Waals surface area contributed by atoms with Crippen molar-refractivity contribution in [3.05, 3.63) is 53.1 Å². The topological polar surface area (TPSA) is 42.5 Å². The van der Waals surface area contributed by atoms with Gasteiger partial charge >= 0.3 is 0 Å². The number of anilines is 1. The molecule has 0 heterocycles. The first-order valence-electron chi connectivity index (χ1n) is 7.81. The van der Waals surface area contributed by atoms with Crippen molar-refractivity contribution >= 4 is 23.0 Å². The van der Waals surface area contributed by atoms with Gasteiger partial charge in [-0.05, 0) is 56.2 Å². The normalized spacial score (nSPS) is 11.5. The third-order valence-corrected chi connectivity index (χ3v) is 4.12. The van der Waals surface area contributed by atoms with Crippen molar-refractivity contribution in [1.29, 1.82) is 0 Å². The van der Waals surface area contributed by atoms with E-state index in [0.29, 0.717) is 10.9 Å². The van der Waals surface area contributed by atoms with Crippen molar-refractivity contribution < 1.29 is 9.47 Å². The lowest BCUT2D eigenvalue weighted by Crippen LogP contribution is -2.31. The van der Waals surface area contributed by atoms with E-state index in [2.05, 4.69) is 49.6 Å². The summed E-state index contributed by atoms with van der Waals surface area (Å²) in [5.74, 6) is 1.41. The number of rotatable bonds is 5. The molecule has 5 heteroatoms. The number of hydrogen-bond acceptors (Lipinski definition) is 3. The molecule has 0 bridgehead atoms. The summed E-state index contributed by atoms with van der Waals surface area (Å²) in [7, 11) is 3.24. The minimum atomic E-state index is 0.106. The minimum absolute atomic E-state index is 0.106. The summed E-state index contributed by atoms with van der Waals surface area (Å²) in [5, 5.41) is 7.05. The van der Waals surface area contributed by atoms with Crippen molar-refractivity contribution in [3.8, 4) is 11.5 Å². The molecule has 0 saturated heterocycles. The van der Waals surface area contributed by atoms with E-state index >= 15 is 0 Å². The lowest BCUT2D eigenvalue weighted by Gasteiger charge is -2.20. The second-order valence-electron chi connectivity index (χ2n) is 5.75. The van der Waals surface area contributed by atoms with Crippen LogP contribution in [0.5, 0.6) is 11.5 Å². The molecule has 0 aliphatic carbocycles. The van der Waals surface area contributed by atoms with Crippen molar-refractivity contribution in [2.75, 3.05) is 19.5 Å².